The molecular weight excluding hydrogens is 338 g/mol. The van der Waals surface area contributed by atoms with Gasteiger partial charge in [-0.2, -0.15) is 0 Å². The van der Waals surface area contributed by atoms with Crippen LogP contribution in [-0.2, 0) is 11.3 Å². The van der Waals surface area contributed by atoms with Gasteiger partial charge in [-0.1, -0.05) is 18.2 Å². The van der Waals surface area contributed by atoms with Crippen molar-refractivity contribution in [3.63, 3.8) is 0 Å². The van der Waals surface area contributed by atoms with Crippen molar-refractivity contribution in [3.05, 3.63) is 58.7 Å². The molecule has 2 N–H and O–H groups in total. The fourth-order valence-corrected chi connectivity index (χ4v) is 3.86. The van der Waals surface area contributed by atoms with Crippen molar-refractivity contribution in [2.45, 2.75) is 59.0 Å². The van der Waals surface area contributed by atoms with Crippen molar-refractivity contribution in [2.75, 3.05) is 0 Å². The van der Waals surface area contributed by atoms with E-state index < -0.39 is 5.97 Å². The molecule has 0 aliphatic heterocycles. The van der Waals surface area contributed by atoms with Crippen molar-refractivity contribution in [1.82, 2.24) is 5.32 Å². The highest BCUT2D eigenvalue weighted by Crippen LogP contribution is 2.28. The number of carboxylic acids is 1. The van der Waals surface area contributed by atoms with E-state index in [1.807, 2.05) is 6.07 Å². The Balaban J connectivity index is 1.56. The fraction of sp³-hybridized carbons (Fsp3) is 0.435. The summed E-state index contributed by atoms with van der Waals surface area (Å²) < 4.78 is 6.08. The van der Waals surface area contributed by atoms with E-state index in [0.29, 0.717) is 6.04 Å². The van der Waals surface area contributed by atoms with Crippen molar-refractivity contribution >= 4 is 5.97 Å². The van der Waals surface area contributed by atoms with Gasteiger partial charge in [-0.25, -0.2) is 0 Å². The van der Waals surface area contributed by atoms with Crippen LogP contribution >= 0.6 is 0 Å². The molecule has 27 heavy (non-hydrogen) atoms. The van der Waals surface area contributed by atoms with E-state index in [-0.39, 0.29) is 5.92 Å². The second-order valence-electron chi connectivity index (χ2n) is 7.79. The number of ether oxygens (including phenoxy) is 1. The maximum atomic E-state index is 11.0. The number of benzene rings is 2. The lowest BCUT2D eigenvalue weighted by molar-refractivity contribution is -0.142. The van der Waals surface area contributed by atoms with Gasteiger partial charge >= 0.3 is 5.97 Å². The first kappa shape index (κ1) is 19.4. The number of aliphatic carboxylic acids is 1. The van der Waals surface area contributed by atoms with Gasteiger partial charge in [-0.3, -0.25) is 4.79 Å². The third-order valence-corrected chi connectivity index (χ3v) is 5.33. The van der Waals surface area contributed by atoms with Crippen LogP contribution in [0.25, 0.3) is 0 Å². The van der Waals surface area contributed by atoms with Gasteiger partial charge in [0.25, 0.3) is 0 Å². The van der Waals surface area contributed by atoms with Gasteiger partial charge in [0.15, 0.2) is 0 Å². The van der Waals surface area contributed by atoms with Crippen molar-refractivity contribution in [1.29, 1.82) is 0 Å². The molecule has 0 spiro atoms. The van der Waals surface area contributed by atoms with E-state index in [0.717, 1.165) is 49.3 Å². The van der Waals surface area contributed by atoms with Crippen LogP contribution in [0.3, 0.4) is 0 Å². The fourth-order valence-electron chi connectivity index (χ4n) is 3.86. The molecule has 0 unspecified atom stereocenters. The Morgan fingerprint density at radius 1 is 1.04 bits per heavy atom. The van der Waals surface area contributed by atoms with Crippen molar-refractivity contribution < 1.29 is 14.6 Å². The smallest absolute Gasteiger partial charge is 0.306 e. The predicted octanol–water partition coefficient (Wildman–Crippen LogP) is 5.14. The van der Waals surface area contributed by atoms with E-state index in [2.05, 4.69) is 56.4 Å². The lowest BCUT2D eigenvalue weighted by Crippen LogP contribution is -2.34. The van der Waals surface area contributed by atoms with E-state index in [9.17, 15) is 4.79 Å². The summed E-state index contributed by atoms with van der Waals surface area (Å²) in [5, 5.41) is 12.7. The van der Waals surface area contributed by atoms with Gasteiger partial charge in [0, 0.05) is 12.6 Å². The van der Waals surface area contributed by atoms with Crippen LogP contribution in [0.1, 0.15) is 47.9 Å². The van der Waals surface area contributed by atoms with Gasteiger partial charge < -0.3 is 15.2 Å². The molecule has 0 bridgehead atoms. The second-order valence-corrected chi connectivity index (χ2v) is 7.79. The van der Waals surface area contributed by atoms with E-state index in [1.165, 1.54) is 16.7 Å². The first-order valence-electron chi connectivity index (χ1n) is 9.72. The standard InChI is InChI=1S/C23H29NO3/c1-15-10-16(2)12-21(11-15)27-22-9-4-18(13-17(22)3)14-24-20-7-5-19(6-8-20)23(25)26/h4,9-13,19-20,24H,5-8,14H2,1-3H3,(H,25,26). The van der Waals surface area contributed by atoms with Gasteiger partial charge in [0.05, 0.1) is 5.92 Å². The molecule has 4 nitrogen and oxygen atoms in total. The average Bonchev–Trinajstić information content (AvgIpc) is 2.61. The number of carboxylic acid groups (broad SMARTS) is 1. The first-order valence-corrected chi connectivity index (χ1v) is 9.72. The maximum absolute atomic E-state index is 11.0. The van der Waals surface area contributed by atoms with Crippen molar-refractivity contribution in [3.8, 4) is 11.5 Å². The summed E-state index contributed by atoms with van der Waals surface area (Å²) in [4.78, 5) is 11.0. The number of hydrogen-bond acceptors (Lipinski definition) is 3. The Labute approximate surface area is 161 Å². The summed E-state index contributed by atoms with van der Waals surface area (Å²) in [6.07, 6.45) is 3.41. The molecule has 2 aromatic rings. The summed E-state index contributed by atoms with van der Waals surface area (Å²) in [6.45, 7) is 7.02. The summed E-state index contributed by atoms with van der Waals surface area (Å²) in [5.74, 6) is 0.942. The number of rotatable bonds is 6. The Morgan fingerprint density at radius 2 is 1.70 bits per heavy atom. The Kier molecular flexibility index (Phi) is 6.17. The summed E-state index contributed by atoms with van der Waals surface area (Å²) >= 11 is 0. The van der Waals surface area contributed by atoms with E-state index in [4.69, 9.17) is 9.84 Å². The van der Waals surface area contributed by atoms with E-state index in [1.54, 1.807) is 0 Å². The normalized spacial score (nSPS) is 19.7. The largest absolute Gasteiger partial charge is 0.481 e. The zero-order valence-electron chi connectivity index (χ0n) is 16.4. The molecule has 1 saturated carbocycles. The zero-order chi connectivity index (χ0) is 19.4. The van der Waals surface area contributed by atoms with Crippen LogP contribution in [0.5, 0.6) is 11.5 Å². The molecule has 2 aromatic carbocycles. The highest BCUT2D eigenvalue weighted by molar-refractivity contribution is 5.70. The molecule has 1 aliphatic carbocycles. The molecule has 0 radical (unpaired) electrons. The molecule has 0 saturated heterocycles. The third-order valence-electron chi connectivity index (χ3n) is 5.33. The number of hydrogen-bond donors (Lipinski definition) is 2. The highest BCUT2D eigenvalue weighted by atomic mass is 16.5. The summed E-state index contributed by atoms with van der Waals surface area (Å²) in [6, 6.07) is 12.9. The lowest BCUT2D eigenvalue weighted by Gasteiger charge is -2.27. The third kappa shape index (κ3) is 5.33. The molecule has 144 valence electrons. The molecule has 0 heterocycles. The number of nitrogens with one attached hydrogen (secondary N) is 1. The van der Waals surface area contributed by atoms with Gasteiger partial charge in [-0.05, 0) is 86.9 Å². The molecule has 0 atom stereocenters. The zero-order valence-corrected chi connectivity index (χ0v) is 16.4. The van der Waals surface area contributed by atoms with Crippen LogP contribution in [0.4, 0.5) is 0 Å². The van der Waals surface area contributed by atoms with Gasteiger partial charge in [-0.15, -0.1) is 0 Å². The minimum absolute atomic E-state index is 0.160. The quantitative estimate of drug-likeness (QED) is 0.742. The van der Waals surface area contributed by atoms with Gasteiger partial charge in [0.1, 0.15) is 11.5 Å². The van der Waals surface area contributed by atoms with Crippen LogP contribution in [0.15, 0.2) is 36.4 Å². The van der Waals surface area contributed by atoms with Crippen LogP contribution in [0.2, 0.25) is 0 Å². The minimum atomic E-state index is -0.650. The SMILES string of the molecule is Cc1cc(C)cc(Oc2ccc(CNC3CCC(C(=O)O)CC3)cc2C)c1. The number of aryl methyl sites for hydroxylation is 3. The summed E-state index contributed by atoms with van der Waals surface area (Å²) in [7, 11) is 0. The van der Waals surface area contributed by atoms with Crippen LogP contribution < -0.4 is 10.1 Å². The molecular formula is C23H29NO3. The predicted molar refractivity (Wildman–Crippen MR) is 107 cm³/mol. The molecule has 4 heteroatoms. The molecule has 0 amide bonds. The summed E-state index contributed by atoms with van der Waals surface area (Å²) in [5.41, 5.74) is 4.73. The molecule has 1 fully saturated rings. The molecule has 1 aliphatic rings. The van der Waals surface area contributed by atoms with Crippen LogP contribution in [0, 0.1) is 26.7 Å². The Morgan fingerprint density at radius 3 is 2.30 bits per heavy atom. The molecule has 0 aromatic heterocycles. The van der Waals surface area contributed by atoms with Gasteiger partial charge in [0.2, 0.25) is 0 Å². The topological polar surface area (TPSA) is 58.6 Å². The highest BCUT2D eigenvalue weighted by Gasteiger charge is 2.25. The monoisotopic (exact) mass is 367 g/mol. The average molecular weight is 367 g/mol. The van der Waals surface area contributed by atoms with E-state index >= 15 is 0 Å². The minimum Gasteiger partial charge on any atom is -0.481 e. The maximum Gasteiger partial charge on any atom is 0.306 e. The first-order chi connectivity index (χ1) is 12.9. The Bertz CT molecular complexity index is 787. The Hall–Kier alpha value is -2.33. The second kappa shape index (κ2) is 8.57. The number of carbonyl (C=O) groups is 1. The lowest BCUT2D eigenvalue weighted by atomic mass is 9.86. The van der Waals surface area contributed by atoms with Crippen molar-refractivity contribution in [2.24, 2.45) is 5.92 Å². The molecule has 3 rings (SSSR count). The van der Waals surface area contributed by atoms with Crippen LogP contribution in [-0.4, -0.2) is 17.1 Å².